The molecule has 10 atom stereocenters. The minimum absolute atomic E-state index is 0.0432. The van der Waals surface area contributed by atoms with Crippen molar-refractivity contribution in [2.24, 2.45) is 0 Å². The molecule has 0 aliphatic carbocycles. The highest BCUT2D eigenvalue weighted by Gasteiger charge is 2.47. The average Bonchev–Trinajstić information content (AvgIpc) is 3.00. The summed E-state index contributed by atoms with van der Waals surface area (Å²) in [6.07, 6.45) is -16.3. The quantitative estimate of drug-likeness (QED) is 0.137. The summed E-state index contributed by atoms with van der Waals surface area (Å²) in [5.74, 6) is -3.26. The molecule has 3 aromatic rings. The number of hydrogen-bond acceptors (Lipinski definition) is 16. The molecular formula is C28H32O16. The van der Waals surface area contributed by atoms with E-state index in [0.717, 1.165) is 12.1 Å². The second kappa shape index (κ2) is 12.0. The van der Waals surface area contributed by atoms with Crippen molar-refractivity contribution in [3.05, 3.63) is 40.1 Å². The van der Waals surface area contributed by atoms with Gasteiger partial charge in [-0.2, -0.15) is 0 Å². The van der Waals surface area contributed by atoms with E-state index in [1.165, 1.54) is 26.2 Å². The van der Waals surface area contributed by atoms with Crippen molar-refractivity contribution in [2.75, 3.05) is 13.7 Å². The smallest absolute Gasteiger partial charge is 0.239 e. The Morgan fingerprint density at radius 3 is 2.16 bits per heavy atom. The summed E-state index contributed by atoms with van der Waals surface area (Å²) in [4.78, 5) is 14.1. The van der Waals surface area contributed by atoms with Crippen LogP contribution < -0.4 is 14.9 Å². The molecule has 0 spiro atoms. The van der Waals surface area contributed by atoms with E-state index in [4.69, 9.17) is 23.4 Å². The summed E-state index contributed by atoms with van der Waals surface area (Å²) in [6.45, 7) is 0.611. The second-order valence-electron chi connectivity index (χ2n) is 10.6. The Labute approximate surface area is 247 Å². The number of phenolic OH excluding ortho intramolecular Hbond substituents is 3. The van der Waals surface area contributed by atoms with Crippen LogP contribution >= 0.6 is 0 Å². The predicted octanol–water partition coefficient (Wildman–Crippen LogP) is -1.69. The molecule has 240 valence electrons. The van der Waals surface area contributed by atoms with Crippen LogP contribution in [0.2, 0.25) is 0 Å². The molecule has 0 saturated carbocycles. The average molecular weight is 625 g/mol. The van der Waals surface area contributed by atoms with Gasteiger partial charge in [0.2, 0.25) is 17.5 Å². The fraction of sp³-hybridized carbons (Fsp3) is 0.464. The summed E-state index contributed by atoms with van der Waals surface area (Å²) < 4.78 is 28.0. The van der Waals surface area contributed by atoms with Gasteiger partial charge in [0.1, 0.15) is 71.3 Å². The molecule has 2 fully saturated rings. The molecule has 0 radical (unpaired) electrons. The zero-order chi connectivity index (χ0) is 32.2. The van der Waals surface area contributed by atoms with Gasteiger partial charge in [0.15, 0.2) is 17.3 Å². The first-order valence-corrected chi connectivity index (χ1v) is 13.4. The minimum Gasteiger partial charge on any atom is -0.506 e. The molecule has 3 heterocycles. The first-order chi connectivity index (χ1) is 20.8. The zero-order valence-electron chi connectivity index (χ0n) is 23.2. The Kier molecular flexibility index (Phi) is 8.65. The van der Waals surface area contributed by atoms with Crippen LogP contribution in [0, 0.1) is 0 Å². The van der Waals surface area contributed by atoms with Gasteiger partial charge >= 0.3 is 0 Å². The van der Waals surface area contributed by atoms with Crippen molar-refractivity contribution < 1.29 is 74.4 Å². The van der Waals surface area contributed by atoms with E-state index in [9.17, 15) is 55.9 Å². The van der Waals surface area contributed by atoms with Crippen molar-refractivity contribution >= 4 is 11.0 Å². The van der Waals surface area contributed by atoms with Crippen molar-refractivity contribution in [2.45, 2.75) is 68.1 Å². The third-order valence-corrected chi connectivity index (χ3v) is 7.79. The normalized spacial score (nSPS) is 32.5. The van der Waals surface area contributed by atoms with Crippen LogP contribution in [-0.2, 0) is 9.47 Å². The fourth-order valence-electron chi connectivity index (χ4n) is 5.29. The van der Waals surface area contributed by atoms with Crippen molar-refractivity contribution in [1.82, 2.24) is 0 Å². The molecule has 5 rings (SSSR count). The zero-order valence-corrected chi connectivity index (χ0v) is 23.2. The van der Waals surface area contributed by atoms with E-state index in [1.807, 2.05) is 0 Å². The summed E-state index contributed by atoms with van der Waals surface area (Å²) in [5.41, 5.74) is -1.74. The lowest BCUT2D eigenvalue weighted by molar-refractivity contribution is -0.277. The molecule has 2 aromatic carbocycles. The van der Waals surface area contributed by atoms with E-state index in [1.54, 1.807) is 0 Å². The number of phenols is 3. The third-order valence-electron chi connectivity index (χ3n) is 7.79. The fourth-order valence-corrected chi connectivity index (χ4v) is 5.29. The summed E-state index contributed by atoms with van der Waals surface area (Å²) >= 11 is 0. The molecule has 0 bridgehead atoms. The maximum absolute atomic E-state index is 14.1. The van der Waals surface area contributed by atoms with E-state index in [0.29, 0.717) is 0 Å². The summed E-state index contributed by atoms with van der Waals surface area (Å²) in [7, 11) is 1.21. The first kappa shape index (κ1) is 31.7. The van der Waals surface area contributed by atoms with Crippen molar-refractivity contribution in [3.8, 4) is 40.1 Å². The molecule has 16 heteroatoms. The number of ether oxygens (including phenoxy) is 4. The maximum atomic E-state index is 14.1. The predicted molar refractivity (Wildman–Crippen MR) is 145 cm³/mol. The molecule has 0 unspecified atom stereocenters. The van der Waals surface area contributed by atoms with Gasteiger partial charge in [-0.15, -0.1) is 0 Å². The van der Waals surface area contributed by atoms with Crippen LogP contribution in [0.4, 0.5) is 0 Å². The third kappa shape index (κ3) is 5.19. The molecule has 0 amide bonds. The highest BCUT2D eigenvalue weighted by atomic mass is 16.7. The van der Waals surface area contributed by atoms with Crippen LogP contribution in [0.1, 0.15) is 18.6 Å². The number of hydrogen-bond donors (Lipinski definition) is 10. The van der Waals surface area contributed by atoms with Crippen LogP contribution in [0.15, 0.2) is 33.5 Å². The standard InChI is InChI=1S/C28H32O16/c1-8-17(32)21(36)23(38)26(41-8)16-12(40-2)6-13-15(19(16)34)20(35)27(25(42-13)9-3-4-10(30)11(31)5-9)44-28-24(39)22(37)18(33)14(7-29)43-28/h3-6,8,14,17-18,21-24,26,28-34,36-39H,7H2,1-2H3/t8-,14-,17+,18-,21+,22-,23-,24-,26+,28-/m0/s1. The monoisotopic (exact) mass is 624 g/mol. The van der Waals surface area contributed by atoms with Gasteiger partial charge in [0.25, 0.3) is 0 Å². The topological polar surface area (TPSA) is 269 Å². The van der Waals surface area contributed by atoms with E-state index >= 15 is 0 Å². The summed E-state index contributed by atoms with van der Waals surface area (Å²) in [5, 5.41) is 103. The lowest BCUT2D eigenvalue weighted by Crippen LogP contribution is -2.60. The highest BCUT2D eigenvalue weighted by Crippen LogP contribution is 2.46. The van der Waals surface area contributed by atoms with Crippen LogP contribution in [0.25, 0.3) is 22.3 Å². The van der Waals surface area contributed by atoms with Gasteiger partial charge in [-0.25, -0.2) is 0 Å². The van der Waals surface area contributed by atoms with Gasteiger partial charge in [0.05, 0.1) is 25.4 Å². The Hall–Kier alpha value is -3.71. The number of fused-ring (bicyclic) bond motifs is 1. The van der Waals surface area contributed by atoms with E-state index in [-0.39, 0.29) is 22.5 Å². The molecule has 2 aliphatic heterocycles. The molecule has 1 aromatic heterocycles. The number of rotatable bonds is 6. The van der Waals surface area contributed by atoms with E-state index in [2.05, 4.69) is 0 Å². The van der Waals surface area contributed by atoms with Gasteiger partial charge in [-0.1, -0.05) is 0 Å². The number of aromatic hydroxyl groups is 3. The minimum atomic E-state index is -1.95. The summed E-state index contributed by atoms with van der Waals surface area (Å²) in [6, 6.07) is 4.51. The molecule has 44 heavy (non-hydrogen) atoms. The lowest BCUT2D eigenvalue weighted by atomic mass is 9.90. The Morgan fingerprint density at radius 1 is 0.841 bits per heavy atom. The highest BCUT2D eigenvalue weighted by molar-refractivity contribution is 5.90. The lowest BCUT2D eigenvalue weighted by Gasteiger charge is -2.40. The molecular weight excluding hydrogens is 592 g/mol. The number of aliphatic hydroxyl groups is 7. The van der Waals surface area contributed by atoms with Crippen LogP contribution in [0.5, 0.6) is 28.7 Å². The van der Waals surface area contributed by atoms with Gasteiger partial charge < -0.3 is 74.4 Å². The maximum Gasteiger partial charge on any atom is 0.239 e. The molecule has 2 aliphatic rings. The molecule has 10 N–H and O–H groups in total. The number of aliphatic hydroxyl groups excluding tert-OH is 7. The molecule has 2 saturated heterocycles. The molecule has 16 nitrogen and oxygen atoms in total. The van der Waals surface area contributed by atoms with Gasteiger partial charge in [-0.05, 0) is 25.1 Å². The van der Waals surface area contributed by atoms with Crippen LogP contribution in [-0.4, -0.2) is 120 Å². The van der Waals surface area contributed by atoms with Gasteiger partial charge in [-0.3, -0.25) is 4.79 Å². The Morgan fingerprint density at radius 2 is 1.52 bits per heavy atom. The largest absolute Gasteiger partial charge is 0.506 e. The second-order valence-corrected chi connectivity index (χ2v) is 10.6. The first-order valence-electron chi connectivity index (χ1n) is 13.4. The van der Waals surface area contributed by atoms with Gasteiger partial charge in [0, 0.05) is 11.6 Å². The Balaban J connectivity index is 1.74. The SMILES string of the molecule is COc1cc2oc(-c3ccc(O)c(O)c3)c(O[C@@H]3O[C@@H](CO)[C@H](O)[C@H](O)[C@@H]3O)c(=O)c2c(O)c1[C@H]1O[C@@H](C)[C@@H](O)[C@@H](O)[C@@H]1O. The Bertz CT molecular complexity index is 1590. The number of methoxy groups -OCH3 is 1. The number of benzene rings is 2. The van der Waals surface area contributed by atoms with E-state index < -0.39 is 107 Å². The van der Waals surface area contributed by atoms with Crippen molar-refractivity contribution in [1.29, 1.82) is 0 Å². The van der Waals surface area contributed by atoms with Crippen molar-refractivity contribution in [3.63, 3.8) is 0 Å². The van der Waals surface area contributed by atoms with Crippen LogP contribution in [0.3, 0.4) is 0 Å².